The van der Waals surface area contributed by atoms with E-state index in [2.05, 4.69) is 62.7 Å². The molecule has 0 radical (unpaired) electrons. The van der Waals surface area contributed by atoms with Crippen molar-refractivity contribution in [2.24, 2.45) is 0 Å². The van der Waals surface area contributed by atoms with Gasteiger partial charge in [0.05, 0.1) is 19.8 Å². The molecule has 1 amide bonds. The number of hydrogen-bond acceptors (Lipinski definition) is 3. The summed E-state index contributed by atoms with van der Waals surface area (Å²) in [5.74, 6) is -0.0297. The molecule has 6 heteroatoms. The van der Waals surface area contributed by atoms with Gasteiger partial charge < -0.3 is 14.8 Å². The molecule has 0 fully saturated rings. The van der Waals surface area contributed by atoms with E-state index in [1.807, 2.05) is 28.1 Å². The van der Waals surface area contributed by atoms with Gasteiger partial charge in [0.25, 0.3) is 0 Å². The van der Waals surface area contributed by atoms with Crippen LogP contribution >= 0.6 is 23.6 Å². The van der Waals surface area contributed by atoms with E-state index < -0.39 is 0 Å². The van der Waals surface area contributed by atoms with Crippen LogP contribution in [0, 0.1) is 10.9 Å². The van der Waals surface area contributed by atoms with E-state index in [1.54, 1.807) is 0 Å². The fourth-order valence-corrected chi connectivity index (χ4v) is 4.23. The first-order valence-electron chi connectivity index (χ1n) is 9.32. The maximum Gasteiger partial charge on any atom is 0.240 e. The van der Waals surface area contributed by atoms with Crippen molar-refractivity contribution in [1.82, 2.24) is 9.88 Å². The molecule has 3 aromatic rings. The number of benzene rings is 2. The lowest BCUT2D eigenvalue weighted by Gasteiger charge is -2.21. The number of amides is 1. The second-order valence-corrected chi connectivity index (χ2v) is 8.78. The molecule has 1 atom stereocenters. The van der Waals surface area contributed by atoms with Gasteiger partial charge in [-0.2, -0.15) is 0 Å². The van der Waals surface area contributed by atoms with E-state index in [0.717, 1.165) is 23.4 Å². The molecule has 0 aliphatic rings. The average Bonchev–Trinajstić information content (AvgIpc) is 3.02. The van der Waals surface area contributed by atoms with E-state index in [-0.39, 0.29) is 18.5 Å². The fourth-order valence-electron chi connectivity index (χ4n) is 3.16. The standard InChI is InChI=1S/C22H25N3OS2/c1-16-9-11-18(12-10-16)20-15-28-22(27)25(20)14-21(26)23-19(13-24(2)3)17-7-5-4-6-8-17/h4-12,15,19H,13-14H2,1-3H3,(H,23,26)/p+1/t19-/m0/s1. The summed E-state index contributed by atoms with van der Waals surface area (Å²) in [4.78, 5) is 14.2. The molecule has 0 unspecified atom stereocenters. The zero-order valence-electron chi connectivity index (χ0n) is 16.4. The first-order valence-corrected chi connectivity index (χ1v) is 10.6. The summed E-state index contributed by atoms with van der Waals surface area (Å²) in [6.07, 6.45) is 0. The lowest BCUT2D eigenvalue weighted by Crippen LogP contribution is -3.06. The molecule has 0 saturated carbocycles. The van der Waals surface area contributed by atoms with Gasteiger partial charge in [0.2, 0.25) is 5.91 Å². The minimum atomic E-state index is -0.0330. The normalized spacial score (nSPS) is 12.1. The molecule has 0 spiro atoms. The Morgan fingerprint density at radius 2 is 1.82 bits per heavy atom. The van der Waals surface area contributed by atoms with Crippen LogP contribution in [-0.4, -0.2) is 31.1 Å². The van der Waals surface area contributed by atoms with Crippen LogP contribution < -0.4 is 10.2 Å². The molecule has 2 N–H and O–H groups in total. The minimum Gasteiger partial charge on any atom is -0.342 e. The largest absolute Gasteiger partial charge is 0.342 e. The predicted octanol–water partition coefficient (Wildman–Crippen LogP) is 3.26. The summed E-state index contributed by atoms with van der Waals surface area (Å²) in [7, 11) is 4.18. The molecule has 0 aliphatic carbocycles. The Labute approximate surface area is 175 Å². The van der Waals surface area contributed by atoms with E-state index in [1.165, 1.54) is 21.8 Å². The summed E-state index contributed by atoms with van der Waals surface area (Å²) in [6, 6.07) is 18.4. The summed E-state index contributed by atoms with van der Waals surface area (Å²) in [5, 5.41) is 5.22. The highest BCUT2D eigenvalue weighted by atomic mass is 32.1. The summed E-state index contributed by atoms with van der Waals surface area (Å²) in [6.45, 7) is 3.10. The zero-order valence-corrected chi connectivity index (χ0v) is 18.1. The van der Waals surface area contributed by atoms with E-state index in [4.69, 9.17) is 12.2 Å². The number of likely N-dealkylation sites (N-methyl/N-ethyl adjacent to an activating group) is 1. The Morgan fingerprint density at radius 3 is 2.46 bits per heavy atom. The van der Waals surface area contributed by atoms with Crippen LogP contribution in [0.2, 0.25) is 0 Å². The van der Waals surface area contributed by atoms with Crippen molar-refractivity contribution in [2.75, 3.05) is 20.6 Å². The van der Waals surface area contributed by atoms with Crippen molar-refractivity contribution in [3.8, 4) is 11.3 Å². The quantitative estimate of drug-likeness (QED) is 0.585. The highest BCUT2D eigenvalue weighted by Gasteiger charge is 2.19. The molecule has 1 aromatic heterocycles. The third-order valence-electron chi connectivity index (χ3n) is 4.58. The number of quaternary nitrogens is 1. The lowest BCUT2D eigenvalue weighted by molar-refractivity contribution is -0.860. The Kier molecular flexibility index (Phi) is 6.78. The maximum atomic E-state index is 12.9. The van der Waals surface area contributed by atoms with Gasteiger partial charge in [0.1, 0.15) is 19.1 Å². The summed E-state index contributed by atoms with van der Waals surface area (Å²) < 4.78 is 2.63. The minimum absolute atomic E-state index is 0.0297. The number of carbonyl (C=O) groups is 1. The van der Waals surface area contributed by atoms with Crippen molar-refractivity contribution in [2.45, 2.75) is 19.5 Å². The second-order valence-electron chi connectivity index (χ2n) is 7.28. The number of carbonyl (C=O) groups excluding carboxylic acids is 1. The van der Waals surface area contributed by atoms with Gasteiger partial charge in [-0.05, 0) is 30.3 Å². The number of hydrogen-bond donors (Lipinski definition) is 2. The van der Waals surface area contributed by atoms with Crippen LogP contribution in [-0.2, 0) is 11.3 Å². The predicted molar refractivity (Wildman–Crippen MR) is 118 cm³/mol. The molecule has 4 nitrogen and oxygen atoms in total. The van der Waals surface area contributed by atoms with Gasteiger partial charge in [-0.25, -0.2) is 0 Å². The molecular weight excluding hydrogens is 386 g/mol. The Bertz CT molecular complexity index is 975. The second kappa shape index (κ2) is 9.28. The molecule has 146 valence electrons. The van der Waals surface area contributed by atoms with Crippen molar-refractivity contribution in [3.05, 3.63) is 75.1 Å². The van der Waals surface area contributed by atoms with Crippen LogP contribution in [0.5, 0.6) is 0 Å². The Balaban J connectivity index is 1.80. The van der Waals surface area contributed by atoms with Gasteiger partial charge in [-0.15, -0.1) is 11.3 Å². The number of thiazole rings is 1. The monoisotopic (exact) mass is 412 g/mol. The van der Waals surface area contributed by atoms with E-state index in [0.29, 0.717) is 3.95 Å². The number of nitrogens with zero attached hydrogens (tertiary/aromatic N) is 1. The van der Waals surface area contributed by atoms with E-state index >= 15 is 0 Å². The molecule has 0 aliphatic heterocycles. The first-order chi connectivity index (χ1) is 13.4. The van der Waals surface area contributed by atoms with Gasteiger partial charge in [-0.3, -0.25) is 4.79 Å². The first kappa shape index (κ1) is 20.5. The zero-order chi connectivity index (χ0) is 20.1. The SMILES string of the molecule is Cc1ccc(-c2csc(=S)n2CC(=O)N[C@@H](C[NH+](C)C)c2ccccc2)cc1. The number of aryl methyl sites for hydroxylation is 1. The molecule has 0 saturated heterocycles. The fraction of sp³-hybridized carbons (Fsp3) is 0.273. The van der Waals surface area contributed by atoms with Crippen LogP contribution in [0.4, 0.5) is 0 Å². The van der Waals surface area contributed by atoms with Crippen molar-refractivity contribution < 1.29 is 9.69 Å². The van der Waals surface area contributed by atoms with E-state index in [9.17, 15) is 4.79 Å². The molecule has 3 rings (SSSR count). The van der Waals surface area contributed by atoms with Gasteiger partial charge in [0.15, 0.2) is 3.95 Å². The smallest absolute Gasteiger partial charge is 0.240 e. The molecule has 1 heterocycles. The van der Waals surface area contributed by atoms with Crippen LogP contribution in [0.15, 0.2) is 60.0 Å². The van der Waals surface area contributed by atoms with Crippen LogP contribution in [0.1, 0.15) is 17.2 Å². The highest BCUT2D eigenvalue weighted by molar-refractivity contribution is 7.73. The van der Waals surface area contributed by atoms with Crippen molar-refractivity contribution >= 4 is 29.5 Å². The molecule has 0 bridgehead atoms. The third kappa shape index (κ3) is 5.16. The Morgan fingerprint density at radius 1 is 1.14 bits per heavy atom. The molecular formula is C22H26N3OS2+. The highest BCUT2D eigenvalue weighted by Crippen LogP contribution is 2.24. The number of aromatic nitrogens is 1. The van der Waals surface area contributed by atoms with Crippen LogP contribution in [0.25, 0.3) is 11.3 Å². The molecule has 28 heavy (non-hydrogen) atoms. The number of rotatable bonds is 7. The van der Waals surface area contributed by atoms with Crippen molar-refractivity contribution in [3.63, 3.8) is 0 Å². The van der Waals surface area contributed by atoms with Crippen LogP contribution in [0.3, 0.4) is 0 Å². The number of nitrogens with one attached hydrogen (secondary N) is 2. The maximum absolute atomic E-state index is 12.9. The van der Waals surface area contributed by atoms with Gasteiger partial charge >= 0.3 is 0 Å². The lowest BCUT2D eigenvalue weighted by atomic mass is 10.1. The Hall–Kier alpha value is -2.28. The van der Waals surface area contributed by atoms with Crippen molar-refractivity contribution in [1.29, 1.82) is 0 Å². The average molecular weight is 413 g/mol. The third-order valence-corrected chi connectivity index (χ3v) is 5.85. The topological polar surface area (TPSA) is 38.5 Å². The van der Waals surface area contributed by atoms with Gasteiger partial charge in [0, 0.05) is 5.38 Å². The molecule has 2 aromatic carbocycles. The summed E-state index contributed by atoms with van der Waals surface area (Å²) in [5.41, 5.74) is 4.38. The van der Waals surface area contributed by atoms with Gasteiger partial charge in [-0.1, -0.05) is 60.2 Å². The summed E-state index contributed by atoms with van der Waals surface area (Å²) >= 11 is 6.98.